The van der Waals surface area contributed by atoms with Crippen LogP contribution in [-0.2, 0) is 22.4 Å². The molecule has 0 saturated heterocycles. The summed E-state index contributed by atoms with van der Waals surface area (Å²) in [5.74, 6) is 0. The zero-order valence-corrected chi connectivity index (χ0v) is 19.4. The van der Waals surface area contributed by atoms with E-state index in [9.17, 15) is 0 Å². The van der Waals surface area contributed by atoms with Gasteiger partial charge in [-0.25, -0.2) is 0 Å². The zero-order valence-electron chi connectivity index (χ0n) is 15.3. The van der Waals surface area contributed by atoms with Crippen LogP contribution in [0.4, 0.5) is 0 Å². The molecule has 0 aliphatic rings. The fraction of sp³-hybridized carbons (Fsp3) is 0. The summed E-state index contributed by atoms with van der Waals surface area (Å²) >= 11 is -2.77. The first kappa shape index (κ1) is 24.6. The van der Waals surface area contributed by atoms with Gasteiger partial charge in [0, 0.05) is 30.8 Å². The molecule has 28 heavy (non-hydrogen) atoms. The molecular weight excluding hydrogens is 517 g/mol. The van der Waals surface area contributed by atoms with Crippen molar-refractivity contribution in [3.05, 3.63) is 121 Å². The number of benzene rings is 4. The van der Waals surface area contributed by atoms with Crippen LogP contribution in [0.3, 0.4) is 0 Å². The molecule has 0 unspecified atom stereocenters. The van der Waals surface area contributed by atoms with Gasteiger partial charge in [0.1, 0.15) is 0 Å². The van der Waals surface area contributed by atoms with E-state index in [1.54, 1.807) is 0 Å². The normalized spacial score (nSPS) is 10.0. The Kier molecular flexibility index (Phi) is 10.1. The number of hydrogen-bond acceptors (Lipinski definition) is 0. The molecule has 0 spiro atoms. The molecule has 0 aromatic heterocycles. The Morgan fingerprint density at radius 2 is 0.536 bits per heavy atom. The topological polar surface area (TPSA) is 0 Å². The van der Waals surface area contributed by atoms with Crippen LogP contribution in [0, 0.1) is 0 Å². The van der Waals surface area contributed by atoms with Gasteiger partial charge in [-0.2, -0.15) is 0 Å². The van der Waals surface area contributed by atoms with E-state index in [4.69, 9.17) is 0 Å². The summed E-state index contributed by atoms with van der Waals surface area (Å²) in [6.07, 6.45) is 0. The van der Waals surface area contributed by atoms with Crippen LogP contribution in [0.25, 0.3) is 0 Å². The monoisotopic (exact) mass is 536 g/mol. The number of hydrogen-bond donors (Lipinski definition) is 0. The van der Waals surface area contributed by atoms with E-state index in [1.165, 1.54) is 17.4 Å². The van der Waals surface area contributed by atoms with Crippen LogP contribution in [-0.4, -0.2) is 22.0 Å². The standard InChI is InChI=1S/C24H20As.Ag.B.ClH/c1-5-13-21(14-6-1)25(22-15-7-2-8-16-22,23-17-9-3-10-18-23)24-19-11-4-12-20-24;;;/h1-20H;;;1H/q+1;;;/p-1. The molecule has 4 aromatic carbocycles. The van der Waals surface area contributed by atoms with Crippen LogP contribution < -0.4 is 29.8 Å². The van der Waals surface area contributed by atoms with Gasteiger partial charge in [-0.3, -0.25) is 0 Å². The van der Waals surface area contributed by atoms with Crippen LogP contribution in [0.15, 0.2) is 121 Å². The molecule has 0 atom stereocenters. The van der Waals surface area contributed by atoms with E-state index < -0.39 is 13.6 Å². The average Bonchev–Trinajstić information content (AvgIpc) is 2.72. The van der Waals surface area contributed by atoms with E-state index in [0.29, 0.717) is 0 Å². The molecule has 0 fully saturated rings. The molecule has 4 radical (unpaired) electrons. The quantitative estimate of drug-likeness (QED) is 0.314. The van der Waals surface area contributed by atoms with Crippen molar-refractivity contribution in [3.8, 4) is 0 Å². The van der Waals surface area contributed by atoms with Crippen molar-refractivity contribution in [3.63, 3.8) is 0 Å². The Morgan fingerprint density at radius 1 is 0.357 bits per heavy atom. The Hall–Kier alpha value is -1.47. The average molecular weight is 537 g/mol. The van der Waals surface area contributed by atoms with E-state index in [-0.39, 0.29) is 43.2 Å². The second-order valence-corrected chi connectivity index (χ2v) is 13.2. The molecular formula is C24H20AgAsBCl. The molecule has 0 aliphatic carbocycles. The summed E-state index contributed by atoms with van der Waals surface area (Å²) in [5.41, 5.74) is 0. The first-order chi connectivity index (χ1) is 12.4. The molecule has 0 heterocycles. The van der Waals surface area contributed by atoms with Crippen molar-refractivity contribution >= 4 is 39.4 Å². The fourth-order valence-corrected chi connectivity index (χ4v) is 12.5. The van der Waals surface area contributed by atoms with Crippen molar-refractivity contribution in [2.45, 2.75) is 0 Å². The number of rotatable bonds is 4. The second kappa shape index (κ2) is 11.5. The zero-order chi connectivity index (χ0) is 17.0. The Morgan fingerprint density at radius 3 is 0.714 bits per heavy atom. The fourth-order valence-electron chi connectivity index (χ4n) is 3.50. The molecule has 142 valence electrons. The molecule has 4 heteroatoms. The van der Waals surface area contributed by atoms with Gasteiger partial charge in [0.15, 0.2) is 0 Å². The van der Waals surface area contributed by atoms with Gasteiger partial charge in [-0.1, -0.05) is 0 Å². The van der Waals surface area contributed by atoms with E-state index in [2.05, 4.69) is 121 Å². The predicted octanol–water partition coefficient (Wildman–Crippen LogP) is -0.315. The van der Waals surface area contributed by atoms with Crippen LogP contribution >= 0.6 is 0 Å². The molecule has 4 rings (SSSR count). The Balaban J connectivity index is 0.00000131. The van der Waals surface area contributed by atoms with Gasteiger partial charge >= 0.3 is 152 Å². The first-order valence-corrected chi connectivity index (χ1v) is 12.3. The van der Waals surface area contributed by atoms with Crippen molar-refractivity contribution in [2.24, 2.45) is 0 Å². The third-order valence-corrected chi connectivity index (χ3v) is 13.6. The van der Waals surface area contributed by atoms with Crippen LogP contribution in [0.1, 0.15) is 0 Å². The second-order valence-electron chi connectivity index (χ2n) is 6.01. The molecule has 0 nitrogen and oxygen atoms in total. The number of halogens is 1. The van der Waals surface area contributed by atoms with Gasteiger partial charge in [-0.15, -0.1) is 0 Å². The third kappa shape index (κ3) is 4.57. The summed E-state index contributed by atoms with van der Waals surface area (Å²) < 4.78 is 5.79. The van der Waals surface area contributed by atoms with Crippen molar-refractivity contribution in [1.29, 1.82) is 0 Å². The Labute approximate surface area is 194 Å². The van der Waals surface area contributed by atoms with E-state index in [1.807, 2.05) is 0 Å². The minimum atomic E-state index is -2.77. The summed E-state index contributed by atoms with van der Waals surface area (Å²) in [6.45, 7) is 0. The molecule has 0 saturated carbocycles. The molecule has 0 N–H and O–H groups in total. The van der Waals surface area contributed by atoms with Crippen LogP contribution in [0.2, 0.25) is 0 Å². The van der Waals surface area contributed by atoms with E-state index >= 15 is 0 Å². The van der Waals surface area contributed by atoms with Gasteiger partial charge in [0.05, 0.1) is 0 Å². The Bertz CT molecular complexity index is 772. The van der Waals surface area contributed by atoms with Gasteiger partial charge in [-0.05, 0) is 0 Å². The van der Waals surface area contributed by atoms with Gasteiger partial charge < -0.3 is 12.4 Å². The van der Waals surface area contributed by atoms with Crippen LogP contribution in [0.5, 0.6) is 0 Å². The molecule has 0 amide bonds. The summed E-state index contributed by atoms with van der Waals surface area (Å²) in [5, 5.41) is 0. The third-order valence-electron chi connectivity index (χ3n) is 4.57. The molecule has 4 aromatic rings. The minimum absolute atomic E-state index is 0. The summed E-state index contributed by atoms with van der Waals surface area (Å²) in [6, 6.07) is 44.2. The molecule has 0 aliphatic heterocycles. The van der Waals surface area contributed by atoms with E-state index in [0.717, 1.165) is 0 Å². The van der Waals surface area contributed by atoms with Gasteiger partial charge in [0.2, 0.25) is 0 Å². The predicted molar refractivity (Wildman–Crippen MR) is 116 cm³/mol. The van der Waals surface area contributed by atoms with Gasteiger partial charge in [0.25, 0.3) is 0 Å². The maximum atomic E-state index is 2.31. The summed E-state index contributed by atoms with van der Waals surface area (Å²) in [4.78, 5) is 0. The van der Waals surface area contributed by atoms with Crippen molar-refractivity contribution in [1.82, 2.24) is 0 Å². The summed E-state index contributed by atoms with van der Waals surface area (Å²) in [7, 11) is 0. The van der Waals surface area contributed by atoms with Crippen molar-refractivity contribution < 1.29 is 34.8 Å². The van der Waals surface area contributed by atoms with Crippen molar-refractivity contribution in [2.75, 3.05) is 0 Å². The first-order valence-electron chi connectivity index (χ1n) is 8.54. The maximum absolute atomic E-state index is 2.77. The molecule has 0 bridgehead atoms. The SMILES string of the molecule is [Ag].[B].[Cl-].c1ccc([As+](c2ccccc2)(c2ccccc2)c2ccccc2)cc1.